The van der Waals surface area contributed by atoms with Crippen molar-refractivity contribution < 1.29 is 14.3 Å². The molecule has 1 aliphatic heterocycles. The van der Waals surface area contributed by atoms with Gasteiger partial charge in [-0.05, 0) is 25.0 Å². The van der Waals surface area contributed by atoms with Gasteiger partial charge in [0, 0.05) is 18.5 Å². The van der Waals surface area contributed by atoms with Crippen LogP contribution in [0.3, 0.4) is 0 Å². The molecule has 0 saturated heterocycles. The van der Waals surface area contributed by atoms with Crippen molar-refractivity contribution in [2.75, 3.05) is 18.5 Å². The number of aryl methyl sites for hydroxylation is 1. The van der Waals surface area contributed by atoms with Gasteiger partial charge in [0.25, 0.3) is 0 Å². The second-order valence-electron chi connectivity index (χ2n) is 6.00. The maximum atomic E-state index is 12.7. The summed E-state index contributed by atoms with van der Waals surface area (Å²) in [6.45, 7) is 5.52. The topological polar surface area (TPSA) is 80.3 Å². The largest absolute Gasteiger partial charge is 0.466 e. The van der Waals surface area contributed by atoms with Gasteiger partial charge in [-0.3, -0.25) is 9.59 Å². The minimum Gasteiger partial charge on any atom is -0.466 e. The summed E-state index contributed by atoms with van der Waals surface area (Å²) in [7, 11) is 0. The molecule has 2 heterocycles. The van der Waals surface area contributed by atoms with Gasteiger partial charge in [0.2, 0.25) is 5.91 Å². The van der Waals surface area contributed by atoms with Gasteiger partial charge in [-0.2, -0.15) is 0 Å². The molecule has 0 bridgehead atoms. The molecule has 0 aliphatic carbocycles. The smallest absolute Gasteiger partial charge is 0.311 e. The molecule has 25 heavy (non-hydrogen) atoms. The molecule has 0 spiro atoms. The highest BCUT2D eigenvalue weighted by atomic mass is 32.1. The molecule has 0 radical (unpaired) electrons. The van der Waals surface area contributed by atoms with E-state index in [0.717, 1.165) is 23.2 Å². The average molecular weight is 359 g/mol. The van der Waals surface area contributed by atoms with Crippen LogP contribution in [-0.4, -0.2) is 30.0 Å². The summed E-state index contributed by atoms with van der Waals surface area (Å²) in [5.74, 6) is -0.649. The minimum atomic E-state index is -0.313. The number of anilines is 1. The van der Waals surface area contributed by atoms with Crippen LogP contribution in [-0.2, 0) is 27.3 Å². The minimum absolute atomic E-state index is 0.0870. The fraction of sp³-hybridized carbons (Fsp3) is 0.389. The molecule has 2 N–H and O–H groups in total. The first kappa shape index (κ1) is 17.6. The lowest BCUT2D eigenvalue weighted by molar-refractivity contribution is -0.142. The van der Waals surface area contributed by atoms with Crippen LogP contribution < -0.4 is 10.6 Å². The number of benzene rings is 1. The Morgan fingerprint density at radius 2 is 2.28 bits per heavy atom. The van der Waals surface area contributed by atoms with Gasteiger partial charge in [0.15, 0.2) is 5.13 Å². The van der Waals surface area contributed by atoms with Crippen molar-refractivity contribution in [3.63, 3.8) is 0 Å². The monoisotopic (exact) mass is 359 g/mol. The van der Waals surface area contributed by atoms with Crippen LogP contribution in [0.2, 0.25) is 0 Å². The Morgan fingerprint density at radius 3 is 3.08 bits per heavy atom. The first-order chi connectivity index (χ1) is 12.1. The number of fused-ring (bicyclic) bond motifs is 1. The van der Waals surface area contributed by atoms with E-state index in [-0.39, 0.29) is 24.2 Å². The Hall–Kier alpha value is -2.25. The van der Waals surface area contributed by atoms with Crippen LogP contribution in [0.5, 0.6) is 0 Å². The number of nitrogens with zero attached hydrogens (tertiary/aromatic N) is 1. The van der Waals surface area contributed by atoms with E-state index in [9.17, 15) is 9.59 Å². The Kier molecular flexibility index (Phi) is 5.45. The molecule has 7 heteroatoms. The number of thiazole rings is 1. The Bertz CT molecular complexity index is 788. The van der Waals surface area contributed by atoms with Gasteiger partial charge in [-0.25, -0.2) is 4.98 Å². The fourth-order valence-corrected chi connectivity index (χ4v) is 3.61. The van der Waals surface area contributed by atoms with E-state index in [4.69, 9.17) is 4.74 Å². The van der Waals surface area contributed by atoms with Gasteiger partial charge in [-0.1, -0.05) is 23.8 Å². The number of hydrogen-bond donors (Lipinski definition) is 2. The Morgan fingerprint density at radius 1 is 1.44 bits per heavy atom. The first-order valence-electron chi connectivity index (χ1n) is 8.28. The molecule has 0 saturated carbocycles. The van der Waals surface area contributed by atoms with Crippen molar-refractivity contribution in [3.8, 4) is 0 Å². The number of nitrogens with one attached hydrogen (secondary N) is 2. The molecule has 3 rings (SSSR count). The van der Waals surface area contributed by atoms with E-state index in [1.165, 1.54) is 11.3 Å². The van der Waals surface area contributed by atoms with Crippen LogP contribution in [0.25, 0.3) is 0 Å². The number of carbonyl (C=O) groups is 2. The standard InChI is InChI=1S/C18H21N3O3S/c1-3-24-16(22)7-13-10-25-18(20-13)21-17(23)15-9-19-8-12-5-4-11(2)6-14(12)15/h4-6,10,15,19H,3,7-9H2,1-2H3,(H,20,21,23). The normalized spacial score (nSPS) is 16.2. The van der Waals surface area contributed by atoms with Crippen molar-refractivity contribution in [2.45, 2.75) is 32.7 Å². The van der Waals surface area contributed by atoms with E-state index in [1.807, 2.05) is 6.92 Å². The van der Waals surface area contributed by atoms with E-state index in [2.05, 4.69) is 33.8 Å². The summed E-state index contributed by atoms with van der Waals surface area (Å²) < 4.78 is 4.91. The quantitative estimate of drug-likeness (QED) is 0.801. The lowest BCUT2D eigenvalue weighted by atomic mass is 9.89. The zero-order valence-corrected chi connectivity index (χ0v) is 15.1. The maximum absolute atomic E-state index is 12.7. The molecule has 1 atom stereocenters. The predicted molar refractivity (Wildman–Crippen MR) is 96.7 cm³/mol. The van der Waals surface area contributed by atoms with Crippen LogP contribution in [0.15, 0.2) is 23.6 Å². The molecular weight excluding hydrogens is 338 g/mol. The highest BCUT2D eigenvalue weighted by Crippen LogP contribution is 2.27. The zero-order valence-electron chi connectivity index (χ0n) is 14.3. The summed E-state index contributed by atoms with van der Waals surface area (Å²) in [5.41, 5.74) is 3.97. The van der Waals surface area contributed by atoms with Crippen molar-refractivity contribution in [1.29, 1.82) is 0 Å². The molecule has 132 valence electrons. The first-order valence-corrected chi connectivity index (χ1v) is 9.15. The lowest BCUT2D eigenvalue weighted by Crippen LogP contribution is -2.35. The number of carbonyl (C=O) groups excluding carboxylic acids is 2. The summed E-state index contributed by atoms with van der Waals surface area (Å²) >= 11 is 1.32. The number of rotatable bonds is 5. The highest BCUT2D eigenvalue weighted by Gasteiger charge is 2.27. The second-order valence-corrected chi connectivity index (χ2v) is 6.86. The van der Waals surface area contributed by atoms with Crippen LogP contribution in [0.1, 0.15) is 35.2 Å². The van der Waals surface area contributed by atoms with Crippen LogP contribution in [0.4, 0.5) is 5.13 Å². The third-order valence-electron chi connectivity index (χ3n) is 4.07. The van der Waals surface area contributed by atoms with Crippen molar-refractivity contribution in [1.82, 2.24) is 10.3 Å². The number of ether oxygens (including phenoxy) is 1. The summed E-state index contributed by atoms with van der Waals surface area (Å²) in [5, 5.41) is 8.43. The fourth-order valence-electron chi connectivity index (χ4n) is 2.89. The van der Waals surface area contributed by atoms with Crippen LogP contribution >= 0.6 is 11.3 Å². The number of esters is 1. The molecule has 6 nitrogen and oxygen atoms in total. The van der Waals surface area contributed by atoms with Crippen molar-refractivity contribution in [3.05, 3.63) is 46.0 Å². The summed E-state index contributed by atoms with van der Waals surface area (Å²) in [4.78, 5) is 28.5. The zero-order chi connectivity index (χ0) is 17.8. The molecule has 2 aromatic rings. The Labute approximate surface area is 150 Å². The predicted octanol–water partition coefficient (Wildman–Crippen LogP) is 2.38. The molecule has 1 aromatic heterocycles. The molecule has 1 aromatic carbocycles. The van der Waals surface area contributed by atoms with Gasteiger partial charge < -0.3 is 15.4 Å². The lowest BCUT2D eigenvalue weighted by Gasteiger charge is -2.25. The molecule has 0 fully saturated rings. The van der Waals surface area contributed by atoms with Gasteiger partial charge >= 0.3 is 5.97 Å². The second kappa shape index (κ2) is 7.76. The number of hydrogen-bond acceptors (Lipinski definition) is 6. The summed E-state index contributed by atoms with van der Waals surface area (Å²) in [6, 6.07) is 6.20. The van der Waals surface area contributed by atoms with Crippen LogP contribution in [0, 0.1) is 6.92 Å². The molecule has 1 aliphatic rings. The molecule has 1 unspecified atom stereocenters. The van der Waals surface area contributed by atoms with Gasteiger partial charge in [-0.15, -0.1) is 11.3 Å². The third-order valence-corrected chi connectivity index (χ3v) is 4.88. The third kappa shape index (κ3) is 4.24. The van der Waals surface area contributed by atoms with E-state index in [0.29, 0.717) is 24.0 Å². The molecule has 1 amide bonds. The number of amides is 1. The van der Waals surface area contributed by atoms with E-state index < -0.39 is 0 Å². The summed E-state index contributed by atoms with van der Waals surface area (Å²) in [6.07, 6.45) is 0.118. The van der Waals surface area contributed by atoms with Crippen molar-refractivity contribution in [2.24, 2.45) is 0 Å². The maximum Gasteiger partial charge on any atom is 0.311 e. The van der Waals surface area contributed by atoms with Crippen molar-refractivity contribution >= 4 is 28.3 Å². The average Bonchev–Trinajstić information content (AvgIpc) is 3.01. The highest BCUT2D eigenvalue weighted by molar-refractivity contribution is 7.13. The Balaban J connectivity index is 1.69. The van der Waals surface area contributed by atoms with Gasteiger partial charge in [0.05, 0.1) is 24.6 Å². The number of aromatic nitrogens is 1. The molecular formula is C18H21N3O3S. The van der Waals surface area contributed by atoms with Gasteiger partial charge in [0.1, 0.15) is 0 Å². The van der Waals surface area contributed by atoms with E-state index >= 15 is 0 Å². The van der Waals surface area contributed by atoms with E-state index in [1.54, 1.807) is 12.3 Å². The SMILES string of the molecule is CCOC(=O)Cc1csc(NC(=O)C2CNCc3ccc(C)cc32)n1.